The molecule has 0 atom stereocenters. The van der Waals surface area contributed by atoms with Gasteiger partial charge in [-0.3, -0.25) is 9.59 Å². The minimum atomic E-state index is -0.367. The standard InChI is InChI=1S/C29H32Cl2N6O4/c1-3-36-22-14-12-18(30)16-20(22)26(28(36)40)34-32-24(38)10-8-6-5-7-9-11-25(39)33-35-27-21-17-19(31)13-15-23(21)37(4-2)29(27)41/h12-17,40-41H,3-11H2,1-2H3. The summed E-state index contributed by atoms with van der Waals surface area (Å²) >= 11 is 12.2. The van der Waals surface area contributed by atoms with Gasteiger partial charge in [-0.15, -0.1) is 20.5 Å². The molecule has 2 amide bonds. The lowest BCUT2D eigenvalue weighted by Gasteiger charge is -2.01. The maximum Gasteiger partial charge on any atom is 0.264 e. The Morgan fingerprint density at radius 1 is 0.683 bits per heavy atom. The molecular weight excluding hydrogens is 567 g/mol. The molecule has 0 aliphatic carbocycles. The number of azo groups is 2. The summed E-state index contributed by atoms with van der Waals surface area (Å²) in [4.78, 5) is 24.5. The Hall–Kier alpha value is -3.76. The molecule has 41 heavy (non-hydrogen) atoms. The van der Waals surface area contributed by atoms with Gasteiger partial charge in [-0.05, 0) is 63.1 Å². The number of hydrogen-bond donors (Lipinski definition) is 2. The fourth-order valence-electron chi connectivity index (χ4n) is 4.82. The van der Waals surface area contributed by atoms with Gasteiger partial charge in [0.1, 0.15) is 0 Å². The zero-order valence-electron chi connectivity index (χ0n) is 23.0. The molecule has 0 bridgehead atoms. The highest BCUT2D eigenvalue weighted by Gasteiger charge is 2.18. The van der Waals surface area contributed by atoms with E-state index >= 15 is 0 Å². The van der Waals surface area contributed by atoms with E-state index in [2.05, 4.69) is 20.5 Å². The van der Waals surface area contributed by atoms with Crippen molar-refractivity contribution in [1.29, 1.82) is 0 Å². The summed E-state index contributed by atoms with van der Waals surface area (Å²) in [6.45, 7) is 4.86. The van der Waals surface area contributed by atoms with Gasteiger partial charge in [-0.1, -0.05) is 42.5 Å². The molecule has 0 spiro atoms. The van der Waals surface area contributed by atoms with Gasteiger partial charge < -0.3 is 19.3 Å². The minimum Gasteiger partial charge on any atom is -0.493 e. The van der Waals surface area contributed by atoms with Gasteiger partial charge in [-0.25, -0.2) is 0 Å². The molecular formula is C29H32Cl2N6O4. The van der Waals surface area contributed by atoms with Gasteiger partial charge in [0.05, 0.1) is 11.0 Å². The second-order valence-corrected chi connectivity index (χ2v) is 10.5. The van der Waals surface area contributed by atoms with Crippen LogP contribution in [0.15, 0.2) is 56.9 Å². The van der Waals surface area contributed by atoms with Gasteiger partial charge in [0.2, 0.25) is 11.8 Å². The van der Waals surface area contributed by atoms with Crippen molar-refractivity contribution >= 4 is 68.2 Å². The molecule has 2 aromatic carbocycles. The van der Waals surface area contributed by atoms with Crippen molar-refractivity contribution in [3.8, 4) is 11.8 Å². The van der Waals surface area contributed by atoms with Crippen molar-refractivity contribution in [2.75, 3.05) is 0 Å². The molecule has 0 unspecified atom stereocenters. The number of aromatic nitrogens is 2. The first-order chi connectivity index (χ1) is 19.7. The van der Waals surface area contributed by atoms with E-state index in [4.69, 9.17) is 23.2 Å². The minimum absolute atomic E-state index is 0.0516. The average Bonchev–Trinajstić information content (AvgIpc) is 3.37. The summed E-state index contributed by atoms with van der Waals surface area (Å²) in [5.74, 6) is -0.838. The van der Waals surface area contributed by atoms with E-state index in [0.717, 1.165) is 30.3 Å². The molecule has 2 aromatic heterocycles. The Bertz CT molecular complexity index is 1520. The topological polar surface area (TPSA) is 134 Å². The van der Waals surface area contributed by atoms with E-state index in [9.17, 15) is 19.8 Å². The van der Waals surface area contributed by atoms with E-state index in [1.807, 2.05) is 13.8 Å². The smallest absolute Gasteiger partial charge is 0.264 e. The van der Waals surface area contributed by atoms with Crippen LogP contribution in [0, 0.1) is 0 Å². The van der Waals surface area contributed by atoms with E-state index < -0.39 is 0 Å². The van der Waals surface area contributed by atoms with Crippen LogP contribution in [-0.2, 0) is 22.7 Å². The highest BCUT2D eigenvalue weighted by molar-refractivity contribution is 6.32. The monoisotopic (exact) mass is 598 g/mol. The highest BCUT2D eigenvalue weighted by atomic mass is 35.5. The molecule has 12 heteroatoms. The number of amides is 2. The molecule has 2 N–H and O–H groups in total. The quantitative estimate of drug-likeness (QED) is 0.124. The number of aromatic hydroxyl groups is 2. The van der Waals surface area contributed by atoms with Gasteiger partial charge in [-0.2, -0.15) is 0 Å². The Labute approximate surface area is 247 Å². The van der Waals surface area contributed by atoms with Crippen molar-refractivity contribution in [1.82, 2.24) is 9.13 Å². The van der Waals surface area contributed by atoms with E-state index in [0.29, 0.717) is 46.7 Å². The maximum atomic E-state index is 12.3. The first kappa shape index (κ1) is 30.2. The van der Waals surface area contributed by atoms with E-state index in [1.165, 1.54) is 0 Å². The molecule has 2 heterocycles. The second kappa shape index (κ2) is 13.7. The summed E-state index contributed by atoms with van der Waals surface area (Å²) in [6, 6.07) is 10.4. The predicted molar refractivity (Wildman–Crippen MR) is 160 cm³/mol. The van der Waals surface area contributed by atoms with Crippen LogP contribution in [0.1, 0.15) is 58.8 Å². The Balaban J connectivity index is 1.20. The first-order valence-corrected chi connectivity index (χ1v) is 14.4. The number of benzene rings is 2. The lowest BCUT2D eigenvalue weighted by Crippen LogP contribution is -1.94. The SMILES string of the molecule is CCn1c(O)c(N=NC(=O)CCCCCCCC(=O)N=Nc2c(O)n(CC)c3ccc(Cl)cc23)c2cc(Cl)ccc21. The van der Waals surface area contributed by atoms with Gasteiger partial charge in [0.15, 0.2) is 11.4 Å². The van der Waals surface area contributed by atoms with Crippen LogP contribution in [-0.4, -0.2) is 31.2 Å². The van der Waals surface area contributed by atoms with Crippen LogP contribution in [0.25, 0.3) is 21.8 Å². The Morgan fingerprint density at radius 3 is 1.46 bits per heavy atom. The number of carbonyl (C=O) groups is 2. The summed E-state index contributed by atoms with van der Waals surface area (Å²) in [5, 5.41) is 39.0. The van der Waals surface area contributed by atoms with Crippen molar-refractivity contribution in [2.45, 2.75) is 71.9 Å². The molecule has 0 saturated heterocycles. The maximum absolute atomic E-state index is 12.3. The molecule has 4 aromatic rings. The predicted octanol–water partition coefficient (Wildman–Crippen LogP) is 9.01. The second-order valence-electron chi connectivity index (χ2n) is 9.61. The zero-order valence-corrected chi connectivity index (χ0v) is 24.5. The summed E-state index contributed by atoms with van der Waals surface area (Å²) in [7, 11) is 0. The summed E-state index contributed by atoms with van der Waals surface area (Å²) in [6.07, 6.45) is 4.22. The molecule has 10 nitrogen and oxygen atoms in total. The van der Waals surface area contributed by atoms with Crippen molar-refractivity contribution in [3.05, 3.63) is 46.4 Å². The average molecular weight is 600 g/mol. The van der Waals surface area contributed by atoms with Gasteiger partial charge in [0.25, 0.3) is 11.8 Å². The summed E-state index contributed by atoms with van der Waals surface area (Å²) < 4.78 is 3.36. The number of hydrogen-bond acceptors (Lipinski definition) is 6. The van der Waals surface area contributed by atoms with Crippen LogP contribution in [0.4, 0.5) is 11.4 Å². The number of nitrogens with zero attached hydrogens (tertiary/aromatic N) is 6. The molecule has 0 aliphatic heterocycles. The van der Waals surface area contributed by atoms with Crippen molar-refractivity contribution in [2.24, 2.45) is 20.5 Å². The van der Waals surface area contributed by atoms with Crippen molar-refractivity contribution in [3.63, 3.8) is 0 Å². The van der Waals surface area contributed by atoms with Crippen LogP contribution < -0.4 is 0 Å². The Kier molecular flexibility index (Phi) is 10.1. The number of carbonyl (C=O) groups excluding carboxylic acids is 2. The number of rotatable bonds is 12. The number of aryl methyl sites for hydroxylation is 2. The Morgan fingerprint density at radius 2 is 1.07 bits per heavy atom. The van der Waals surface area contributed by atoms with Crippen molar-refractivity contribution < 1.29 is 19.8 Å². The van der Waals surface area contributed by atoms with Crippen LogP contribution in [0.5, 0.6) is 11.8 Å². The van der Waals surface area contributed by atoms with E-state index in [-0.39, 0.29) is 47.8 Å². The molecule has 4 rings (SSSR count). The fraction of sp³-hybridized carbons (Fsp3) is 0.379. The van der Waals surface area contributed by atoms with Crippen LogP contribution in [0.3, 0.4) is 0 Å². The number of unbranched alkanes of at least 4 members (excludes halogenated alkanes) is 4. The molecule has 0 radical (unpaired) electrons. The molecule has 0 aliphatic rings. The lowest BCUT2D eigenvalue weighted by atomic mass is 10.1. The largest absolute Gasteiger partial charge is 0.493 e. The highest BCUT2D eigenvalue weighted by Crippen LogP contribution is 2.41. The fourth-order valence-corrected chi connectivity index (χ4v) is 5.17. The van der Waals surface area contributed by atoms with Crippen LogP contribution >= 0.6 is 23.2 Å². The number of halogens is 2. The third-order valence-corrected chi connectivity index (χ3v) is 7.35. The van der Waals surface area contributed by atoms with Gasteiger partial charge in [0, 0.05) is 46.7 Å². The first-order valence-electron chi connectivity index (χ1n) is 13.7. The molecule has 0 fully saturated rings. The zero-order chi connectivity index (χ0) is 29.5. The van der Waals surface area contributed by atoms with Gasteiger partial charge >= 0.3 is 0 Å². The third-order valence-electron chi connectivity index (χ3n) is 6.88. The number of fused-ring (bicyclic) bond motifs is 2. The normalized spacial score (nSPS) is 12.0. The van der Waals surface area contributed by atoms with Crippen LogP contribution in [0.2, 0.25) is 10.0 Å². The van der Waals surface area contributed by atoms with E-state index in [1.54, 1.807) is 45.5 Å². The third kappa shape index (κ3) is 6.94. The summed E-state index contributed by atoms with van der Waals surface area (Å²) in [5.41, 5.74) is 2.00. The molecule has 216 valence electrons. The molecule has 0 saturated carbocycles. The lowest BCUT2D eigenvalue weighted by molar-refractivity contribution is -0.119.